The lowest BCUT2D eigenvalue weighted by Crippen LogP contribution is -2.30. The number of carbonyl (C=O) groups is 1. The Kier molecular flexibility index (Phi) is 6.32. The summed E-state index contributed by atoms with van der Waals surface area (Å²) in [4.78, 5) is 19.2. The third-order valence-electron chi connectivity index (χ3n) is 4.04. The number of methoxy groups -OCH3 is 1. The highest BCUT2D eigenvalue weighted by molar-refractivity contribution is 6.42. The van der Waals surface area contributed by atoms with Crippen LogP contribution in [0.1, 0.15) is 21.6 Å². The summed E-state index contributed by atoms with van der Waals surface area (Å²) in [6.07, 6.45) is 1.71. The van der Waals surface area contributed by atoms with Crippen molar-refractivity contribution >= 4 is 29.1 Å². The molecule has 0 aliphatic carbocycles. The molecule has 0 aliphatic rings. The molecule has 138 valence electrons. The van der Waals surface area contributed by atoms with E-state index in [2.05, 4.69) is 4.98 Å². The van der Waals surface area contributed by atoms with E-state index in [9.17, 15) is 4.79 Å². The minimum absolute atomic E-state index is 0.120. The molecule has 1 amide bonds. The summed E-state index contributed by atoms with van der Waals surface area (Å²) in [7, 11) is 1.57. The molecule has 0 saturated heterocycles. The number of hydrogen-bond acceptors (Lipinski definition) is 3. The molecule has 0 atom stereocenters. The fourth-order valence-electron chi connectivity index (χ4n) is 2.68. The van der Waals surface area contributed by atoms with E-state index in [1.54, 1.807) is 54.6 Å². The Hall–Kier alpha value is -2.56. The van der Waals surface area contributed by atoms with Crippen LogP contribution < -0.4 is 4.74 Å². The molecular formula is C21H18Cl2N2O2. The van der Waals surface area contributed by atoms with E-state index in [4.69, 9.17) is 27.9 Å². The average molecular weight is 401 g/mol. The van der Waals surface area contributed by atoms with Gasteiger partial charge in [-0.1, -0.05) is 41.4 Å². The molecule has 0 saturated carbocycles. The van der Waals surface area contributed by atoms with E-state index in [0.29, 0.717) is 34.4 Å². The fraction of sp³-hybridized carbons (Fsp3) is 0.143. The van der Waals surface area contributed by atoms with Crippen molar-refractivity contribution in [3.05, 3.63) is 93.7 Å². The molecule has 3 rings (SSSR count). The summed E-state index contributed by atoms with van der Waals surface area (Å²) in [6.45, 7) is 0.751. The van der Waals surface area contributed by atoms with Crippen molar-refractivity contribution in [3.8, 4) is 5.75 Å². The minimum atomic E-state index is -0.120. The highest BCUT2D eigenvalue weighted by atomic mass is 35.5. The number of halogens is 2. The van der Waals surface area contributed by atoms with Crippen LogP contribution in [-0.4, -0.2) is 22.9 Å². The standard InChI is InChI=1S/C21H18Cl2N2O2/c1-27-18-7-4-5-16(12-18)21(26)25(14-17-6-2-3-10-24-17)13-15-8-9-19(22)20(23)11-15/h2-12H,13-14H2,1H3. The summed E-state index contributed by atoms with van der Waals surface area (Å²) in [5.74, 6) is 0.513. The van der Waals surface area contributed by atoms with Crippen molar-refractivity contribution in [2.75, 3.05) is 7.11 Å². The zero-order chi connectivity index (χ0) is 19.2. The normalized spacial score (nSPS) is 10.5. The van der Waals surface area contributed by atoms with E-state index in [1.165, 1.54) is 0 Å². The van der Waals surface area contributed by atoms with Gasteiger partial charge in [-0.05, 0) is 48.0 Å². The fourth-order valence-corrected chi connectivity index (χ4v) is 3.00. The maximum atomic E-state index is 13.2. The summed E-state index contributed by atoms with van der Waals surface area (Å²) in [5, 5.41) is 0.941. The van der Waals surface area contributed by atoms with Crippen molar-refractivity contribution in [1.82, 2.24) is 9.88 Å². The predicted molar refractivity (Wildman–Crippen MR) is 107 cm³/mol. The van der Waals surface area contributed by atoms with Crippen molar-refractivity contribution in [2.45, 2.75) is 13.1 Å². The lowest BCUT2D eigenvalue weighted by Gasteiger charge is -2.23. The molecule has 0 aliphatic heterocycles. The maximum absolute atomic E-state index is 13.2. The molecule has 3 aromatic rings. The summed E-state index contributed by atoms with van der Waals surface area (Å²) >= 11 is 12.1. The molecule has 0 radical (unpaired) electrons. The molecule has 0 bridgehead atoms. The number of hydrogen-bond donors (Lipinski definition) is 0. The van der Waals surface area contributed by atoms with E-state index < -0.39 is 0 Å². The monoisotopic (exact) mass is 400 g/mol. The van der Waals surface area contributed by atoms with Gasteiger partial charge in [0.15, 0.2) is 0 Å². The Balaban J connectivity index is 1.90. The highest BCUT2D eigenvalue weighted by Gasteiger charge is 2.18. The molecule has 0 N–H and O–H groups in total. The Labute approximate surface area is 168 Å². The smallest absolute Gasteiger partial charge is 0.254 e. The van der Waals surface area contributed by atoms with Gasteiger partial charge >= 0.3 is 0 Å². The molecule has 1 aromatic heterocycles. The second-order valence-electron chi connectivity index (χ2n) is 5.96. The second kappa shape index (κ2) is 8.89. The van der Waals surface area contributed by atoms with Crippen molar-refractivity contribution in [1.29, 1.82) is 0 Å². The van der Waals surface area contributed by atoms with Crippen LogP contribution in [0.25, 0.3) is 0 Å². The lowest BCUT2D eigenvalue weighted by molar-refractivity contribution is 0.0727. The van der Waals surface area contributed by atoms with Gasteiger partial charge in [0, 0.05) is 18.3 Å². The number of nitrogens with zero attached hydrogens (tertiary/aromatic N) is 2. The van der Waals surface area contributed by atoms with Crippen LogP contribution in [-0.2, 0) is 13.1 Å². The van der Waals surface area contributed by atoms with Gasteiger partial charge in [0.1, 0.15) is 5.75 Å². The zero-order valence-corrected chi connectivity index (χ0v) is 16.2. The van der Waals surface area contributed by atoms with Gasteiger partial charge in [-0.15, -0.1) is 0 Å². The number of amides is 1. The van der Waals surface area contributed by atoms with Crippen LogP contribution in [0.3, 0.4) is 0 Å². The Morgan fingerprint density at radius 3 is 2.56 bits per heavy atom. The molecule has 2 aromatic carbocycles. The van der Waals surface area contributed by atoms with Gasteiger partial charge < -0.3 is 9.64 Å². The van der Waals surface area contributed by atoms with Crippen LogP contribution >= 0.6 is 23.2 Å². The number of carbonyl (C=O) groups excluding carboxylic acids is 1. The predicted octanol–water partition coefficient (Wildman–Crippen LogP) is 5.24. The van der Waals surface area contributed by atoms with Gasteiger partial charge in [0.2, 0.25) is 0 Å². The Bertz CT molecular complexity index is 932. The van der Waals surface area contributed by atoms with Crippen LogP contribution in [0.2, 0.25) is 10.0 Å². The second-order valence-corrected chi connectivity index (χ2v) is 6.78. The molecule has 6 heteroatoms. The molecule has 4 nitrogen and oxygen atoms in total. The van der Waals surface area contributed by atoms with Crippen molar-refractivity contribution < 1.29 is 9.53 Å². The highest BCUT2D eigenvalue weighted by Crippen LogP contribution is 2.24. The maximum Gasteiger partial charge on any atom is 0.254 e. The van der Waals surface area contributed by atoms with Crippen LogP contribution in [0.5, 0.6) is 5.75 Å². The number of benzene rings is 2. The largest absolute Gasteiger partial charge is 0.497 e. The van der Waals surface area contributed by atoms with Gasteiger partial charge in [0.05, 0.1) is 29.4 Å². The third-order valence-corrected chi connectivity index (χ3v) is 4.78. The quantitative estimate of drug-likeness (QED) is 0.567. The van der Waals surface area contributed by atoms with Crippen molar-refractivity contribution in [2.24, 2.45) is 0 Å². The first kappa shape index (κ1) is 19.2. The van der Waals surface area contributed by atoms with Crippen LogP contribution in [0.15, 0.2) is 66.9 Å². The summed E-state index contributed by atoms with van der Waals surface area (Å²) < 4.78 is 5.24. The molecular weight excluding hydrogens is 383 g/mol. The van der Waals surface area contributed by atoms with Crippen LogP contribution in [0, 0.1) is 0 Å². The van der Waals surface area contributed by atoms with Crippen LogP contribution in [0.4, 0.5) is 0 Å². The number of ether oxygens (including phenoxy) is 1. The molecule has 0 spiro atoms. The minimum Gasteiger partial charge on any atom is -0.497 e. The zero-order valence-electron chi connectivity index (χ0n) is 14.7. The SMILES string of the molecule is COc1cccc(C(=O)N(Cc2ccc(Cl)c(Cl)c2)Cc2ccccn2)c1. The Morgan fingerprint density at radius 1 is 1.00 bits per heavy atom. The summed E-state index contributed by atoms with van der Waals surface area (Å²) in [6, 6.07) is 18.1. The number of rotatable bonds is 6. The first-order valence-electron chi connectivity index (χ1n) is 8.34. The summed E-state index contributed by atoms with van der Waals surface area (Å²) in [5.41, 5.74) is 2.23. The molecule has 0 fully saturated rings. The van der Waals surface area contributed by atoms with Gasteiger partial charge in [-0.2, -0.15) is 0 Å². The first-order chi connectivity index (χ1) is 13.1. The van der Waals surface area contributed by atoms with E-state index >= 15 is 0 Å². The topological polar surface area (TPSA) is 42.4 Å². The Morgan fingerprint density at radius 2 is 1.85 bits per heavy atom. The van der Waals surface area contributed by atoms with Gasteiger partial charge in [-0.25, -0.2) is 0 Å². The molecule has 1 heterocycles. The molecule has 0 unspecified atom stereocenters. The van der Waals surface area contributed by atoms with Gasteiger partial charge in [0.25, 0.3) is 5.91 Å². The van der Waals surface area contributed by atoms with Crippen molar-refractivity contribution in [3.63, 3.8) is 0 Å². The third kappa shape index (κ3) is 5.00. The average Bonchev–Trinajstić information content (AvgIpc) is 2.70. The number of aromatic nitrogens is 1. The van der Waals surface area contributed by atoms with Gasteiger partial charge in [-0.3, -0.25) is 9.78 Å². The van der Waals surface area contributed by atoms with E-state index in [0.717, 1.165) is 11.3 Å². The molecule has 27 heavy (non-hydrogen) atoms. The van der Waals surface area contributed by atoms with E-state index in [1.807, 2.05) is 24.3 Å². The number of pyridine rings is 1. The lowest BCUT2D eigenvalue weighted by atomic mass is 10.1. The van der Waals surface area contributed by atoms with E-state index in [-0.39, 0.29) is 5.91 Å². The first-order valence-corrected chi connectivity index (χ1v) is 9.09.